The van der Waals surface area contributed by atoms with Crippen molar-refractivity contribution in [2.75, 3.05) is 7.05 Å². The molecule has 3 heterocycles. The number of thioether (sulfide) groups is 1. The van der Waals surface area contributed by atoms with Crippen LogP contribution in [0.5, 0.6) is 0 Å². The normalized spacial score (nSPS) is 17.4. The summed E-state index contributed by atoms with van der Waals surface area (Å²) in [6, 6.07) is 13.7. The van der Waals surface area contributed by atoms with Crippen LogP contribution in [-0.2, 0) is 4.79 Å². The molecule has 1 aliphatic rings. The summed E-state index contributed by atoms with van der Waals surface area (Å²) in [5, 5.41) is 3.23. The molecule has 1 saturated heterocycles. The average molecular weight is 378 g/mol. The highest BCUT2D eigenvalue weighted by atomic mass is 32.2. The third-order valence-electron chi connectivity index (χ3n) is 3.74. The van der Waals surface area contributed by atoms with Gasteiger partial charge in [-0.15, -0.1) is 11.3 Å². The molecule has 1 amide bonds. The lowest BCUT2D eigenvalue weighted by atomic mass is 10.2. The largest absolute Gasteiger partial charge is 0.289 e. The van der Waals surface area contributed by atoms with E-state index in [1.54, 1.807) is 24.3 Å². The van der Waals surface area contributed by atoms with E-state index in [0.717, 1.165) is 16.8 Å². The molecule has 0 radical (unpaired) electrons. The Morgan fingerprint density at radius 1 is 1.15 bits per heavy atom. The SMILES string of the molecule is CN1C(=O)/C(=C/c2cccnc2)S/C1=N/c1nc(-c2ccccc2)cs1. The van der Waals surface area contributed by atoms with Crippen molar-refractivity contribution in [1.82, 2.24) is 14.9 Å². The zero-order valence-electron chi connectivity index (χ0n) is 13.9. The van der Waals surface area contributed by atoms with Crippen molar-refractivity contribution in [1.29, 1.82) is 0 Å². The maximum atomic E-state index is 12.5. The highest BCUT2D eigenvalue weighted by molar-refractivity contribution is 8.18. The summed E-state index contributed by atoms with van der Waals surface area (Å²) in [5.74, 6) is -0.0718. The van der Waals surface area contributed by atoms with Crippen LogP contribution in [0.15, 0.2) is 70.1 Å². The first-order chi connectivity index (χ1) is 12.7. The molecular weight excluding hydrogens is 364 g/mol. The van der Waals surface area contributed by atoms with Crippen molar-refractivity contribution >= 4 is 45.4 Å². The van der Waals surface area contributed by atoms with Crippen LogP contribution < -0.4 is 0 Å². The van der Waals surface area contributed by atoms with Crippen LogP contribution in [0.4, 0.5) is 5.13 Å². The Hall–Kier alpha value is -2.77. The number of hydrogen-bond donors (Lipinski definition) is 0. The van der Waals surface area contributed by atoms with E-state index in [2.05, 4.69) is 15.0 Å². The molecule has 0 unspecified atom stereocenters. The summed E-state index contributed by atoms with van der Waals surface area (Å²) in [5.41, 5.74) is 2.83. The molecule has 0 saturated carbocycles. The van der Waals surface area contributed by atoms with Crippen molar-refractivity contribution in [2.45, 2.75) is 0 Å². The maximum absolute atomic E-state index is 12.5. The molecule has 0 N–H and O–H groups in total. The minimum atomic E-state index is -0.0718. The minimum Gasteiger partial charge on any atom is -0.289 e. The Morgan fingerprint density at radius 2 is 2.00 bits per heavy atom. The Kier molecular flexibility index (Phi) is 4.64. The second kappa shape index (κ2) is 7.23. The summed E-state index contributed by atoms with van der Waals surface area (Å²) in [6.45, 7) is 0. The van der Waals surface area contributed by atoms with Gasteiger partial charge in [-0.25, -0.2) is 4.98 Å². The van der Waals surface area contributed by atoms with Crippen molar-refractivity contribution in [2.24, 2.45) is 4.99 Å². The Morgan fingerprint density at radius 3 is 2.77 bits per heavy atom. The third kappa shape index (κ3) is 3.44. The number of amidine groups is 1. The predicted octanol–water partition coefficient (Wildman–Crippen LogP) is 4.44. The van der Waals surface area contributed by atoms with E-state index in [4.69, 9.17) is 0 Å². The average Bonchev–Trinajstić information content (AvgIpc) is 3.25. The number of amides is 1. The third-order valence-corrected chi connectivity index (χ3v) is 5.53. The number of benzene rings is 1. The fourth-order valence-corrected chi connectivity index (χ4v) is 4.13. The van der Waals surface area contributed by atoms with Crippen LogP contribution in [0.3, 0.4) is 0 Å². The van der Waals surface area contributed by atoms with E-state index in [1.807, 2.05) is 53.9 Å². The van der Waals surface area contributed by atoms with Gasteiger partial charge in [0.05, 0.1) is 10.6 Å². The Balaban J connectivity index is 1.59. The predicted molar refractivity (Wildman–Crippen MR) is 107 cm³/mol. The lowest BCUT2D eigenvalue weighted by Gasteiger charge is -2.05. The van der Waals surface area contributed by atoms with Gasteiger partial charge in [-0.3, -0.25) is 14.7 Å². The monoisotopic (exact) mass is 378 g/mol. The van der Waals surface area contributed by atoms with E-state index in [1.165, 1.54) is 23.1 Å². The number of nitrogens with zero attached hydrogens (tertiary/aromatic N) is 4. The van der Waals surface area contributed by atoms with Crippen LogP contribution >= 0.6 is 23.1 Å². The van der Waals surface area contributed by atoms with Crippen LogP contribution in [0, 0.1) is 0 Å². The first kappa shape index (κ1) is 16.7. The summed E-state index contributed by atoms with van der Waals surface area (Å²) in [7, 11) is 1.73. The summed E-state index contributed by atoms with van der Waals surface area (Å²) < 4.78 is 0. The standard InChI is InChI=1S/C19H14N4OS2/c1-23-17(24)16(10-13-6-5-9-20-11-13)26-19(23)22-18-21-15(12-25-18)14-7-3-2-4-8-14/h2-12H,1H3/b16-10-,22-19+. The van der Waals surface area contributed by atoms with Crippen molar-refractivity contribution in [3.05, 3.63) is 70.7 Å². The molecule has 128 valence electrons. The molecule has 1 aromatic carbocycles. The second-order valence-electron chi connectivity index (χ2n) is 5.54. The Bertz CT molecular complexity index is 997. The fourth-order valence-electron chi connectivity index (χ4n) is 2.40. The highest BCUT2D eigenvalue weighted by Gasteiger charge is 2.30. The van der Waals surface area contributed by atoms with Crippen molar-refractivity contribution in [3.63, 3.8) is 0 Å². The quantitative estimate of drug-likeness (QED) is 0.632. The van der Waals surface area contributed by atoms with Gasteiger partial charge in [-0.2, -0.15) is 4.99 Å². The smallest absolute Gasteiger partial charge is 0.266 e. The minimum absolute atomic E-state index is 0.0718. The van der Waals surface area contributed by atoms with Gasteiger partial charge in [-0.1, -0.05) is 36.4 Å². The molecule has 2 aromatic heterocycles. The van der Waals surface area contributed by atoms with Crippen LogP contribution in [-0.4, -0.2) is 33.0 Å². The zero-order chi connectivity index (χ0) is 17.9. The highest BCUT2D eigenvalue weighted by Crippen LogP contribution is 2.34. The summed E-state index contributed by atoms with van der Waals surface area (Å²) >= 11 is 2.81. The fraction of sp³-hybridized carbons (Fsp3) is 0.0526. The lowest BCUT2D eigenvalue weighted by molar-refractivity contribution is -0.121. The van der Waals surface area contributed by atoms with E-state index in [-0.39, 0.29) is 5.91 Å². The number of likely N-dealkylation sites (N-methyl/N-ethyl adjacent to an activating group) is 1. The maximum Gasteiger partial charge on any atom is 0.266 e. The molecule has 3 aromatic rings. The molecule has 0 aliphatic carbocycles. The topological polar surface area (TPSA) is 58.5 Å². The van der Waals surface area contributed by atoms with E-state index in [0.29, 0.717) is 15.2 Å². The van der Waals surface area contributed by atoms with Crippen molar-refractivity contribution in [3.8, 4) is 11.3 Å². The molecule has 1 fully saturated rings. The van der Waals surface area contributed by atoms with Crippen LogP contribution in [0.2, 0.25) is 0 Å². The molecule has 5 nitrogen and oxygen atoms in total. The molecule has 0 bridgehead atoms. The number of rotatable bonds is 3. The summed E-state index contributed by atoms with van der Waals surface area (Å²) in [4.78, 5) is 27.8. The summed E-state index contributed by atoms with van der Waals surface area (Å²) in [6.07, 6.45) is 5.26. The van der Waals surface area contributed by atoms with Gasteiger partial charge < -0.3 is 0 Å². The first-order valence-electron chi connectivity index (χ1n) is 7.88. The number of aliphatic imine (C=N–C) groups is 1. The van der Waals surface area contributed by atoms with Gasteiger partial charge in [0.25, 0.3) is 5.91 Å². The van der Waals surface area contributed by atoms with Gasteiger partial charge in [0.1, 0.15) is 0 Å². The first-order valence-corrected chi connectivity index (χ1v) is 9.57. The Labute approximate surface area is 159 Å². The van der Waals surface area contributed by atoms with Crippen LogP contribution in [0.1, 0.15) is 5.56 Å². The zero-order valence-corrected chi connectivity index (χ0v) is 15.5. The number of aromatic nitrogens is 2. The lowest BCUT2D eigenvalue weighted by Crippen LogP contribution is -2.23. The van der Waals surface area contributed by atoms with E-state index in [9.17, 15) is 4.79 Å². The molecule has 0 atom stereocenters. The molecule has 4 rings (SSSR count). The molecular formula is C19H14N4OS2. The number of carbonyl (C=O) groups is 1. The van der Waals surface area contributed by atoms with Gasteiger partial charge >= 0.3 is 0 Å². The van der Waals surface area contributed by atoms with E-state index >= 15 is 0 Å². The molecule has 7 heteroatoms. The van der Waals surface area contributed by atoms with Crippen LogP contribution in [0.25, 0.3) is 17.3 Å². The number of hydrogen-bond acceptors (Lipinski definition) is 6. The van der Waals surface area contributed by atoms with Crippen molar-refractivity contribution < 1.29 is 4.79 Å². The van der Waals surface area contributed by atoms with Gasteiger partial charge in [0.2, 0.25) is 5.13 Å². The molecule has 26 heavy (non-hydrogen) atoms. The van der Waals surface area contributed by atoms with Gasteiger partial charge in [0, 0.05) is 30.4 Å². The second-order valence-corrected chi connectivity index (χ2v) is 7.38. The molecule has 0 spiro atoms. The number of thiazole rings is 1. The van der Waals surface area contributed by atoms with Gasteiger partial charge in [-0.05, 0) is 29.5 Å². The van der Waals surface area contributed by atoms with E-state index < -0.39 is 0 Å². The number of carbonyl (C=O) groups excluding carboxylic acids is 1. The van der Waals surface area contributed by atoms with Gasteiger partial charge in [0.15, 0.2) is 5.17 Å². The number of pyridine rings is 1. The molecule has 1 aliphatic heterocycles.